The van der Waals surface area contributed by atoms with Crippen molar-refractivity contribution in [1.82, 2.24) is 10.7 Å². The van der Waals surface area contributed by atoms with E-state index in [1.54, 1.807) is 25.3 Å². The zero-order chi connectivity index (χ0) is 13.4. The van der Waals surface area contributed by atoms with Gasteiger partial charge in [-0.05, 0) is 24.4 Å². The molecule has 0 saturated heterocycles. The monoisotopic (exact) mass is 305 g/mol. The van der Waals surface area contributed by atoms with Crippen LogP contribution in [0, 0.1) is 0 Å². The number of hydrogen-bond acceptors (Lipinski definition) is 3. The highest BCUT2D eigenvalue weighted by Crippen LogP contribution is 2.21. The second kappa shape index (κ2) is 8.26. The molecule has 1 rings (SSSR count). The summed E-state index contributed by atoms with van der Waals surface area (Å²) in [5.41, 5.74) is 3.31. The van der Waals surface area contributed by atoms with Crippen LogP contribution in [-0.4, -0.2) is 31.6 Å². The Morgan fingerprint density at radius 1 is 1.44 bits per heavy atom. The molecule has 0 aliphatic carbocycles. The number of hydrazone groups is 1. The summed E-state index contributed by atoms with van der Waals surface area (Å²) in [5.74, 6) is 0. The van der Waals surface area contributed by atoms with Crippen molar-refractivity contribution in [3.05, 3.63) is 33.8 Å². The van der Waals surface area contributed by atoms with Gasteiger partial charge in [-0.1, -0.05) is 29.3 Å². The molecule has 0 atom stereocenters. The van der Waals surface area contributed by atoms with Gasteiger partial charge in [-0.25, -0.2) is 0 Å². The maximum Gasteiger partial charge on any atom is 0.187 e. The molecule has 0 spiro atoms. The van der Waals surface area contributed by atoms with Gasteiger partial charge in [0.05, 0.1) is 22.9 Å². The molecule has 0 saturated carbocycles. The summed E-state index contributed by atoms with van der Waals surface area (Å²) in [7, 11) is 1.62. The van der Waals surface area contributed by atoms with E-state index in [0.29, 0.717) is 33.9 Å². The van der Waals surface area contributed by atoms with Crippen LogP contribution in [0.15, 0.2) is 23.3 Å². The van der Waals surface area contributed by atoms with Crippen molar-refractivity contribution in [3.8, 4) is 0 Å². The number of rotatable bonds is 5. The Labute approximate surface area is 121 Å². The SMILES string of the molecule is COCCNC(=S)N/N=C\c1c(Cl)cccc1Cl. The predicted molar refractivity (Wildman–Crippen MR) is 79.7 cm³/mol. The second-order valence-electron chi connectivity index (χ2n) is 3.25. The maximum atomic E-state index is 5.98. The van der Waals surface area contributed by atoms with Crippen LogP contribution >= 0.6 is 35.4 Å². The summed E-state index contributed by atoms with van der Waals surface area (Å²) < 4.78 is 4.87. The predicted octanol–water partition coefficient (Wildman–Crippen LogP) is 2.44. The Kier molecular flexibility index (Phi) is 6.97. The first-order chi connectivity index (χ1) is 8.65. The molecule has 7 heteroatoms. The Hall–Kier alpha value is -0.880. The van der Waals surface area contributed by atoms with E-state index < -0.39 is 0 Å². The first-order valence-electron chi connectivity index (χ1n) is 5.15. The first kappa shape index (κ1) is 15.2. The Balaban J connectivity index is 2.47. The van der Waals surface area contributed by atoms with Crippen LogP contribution in [0.2, 0.25) is 10.0 Å². The fraction of sp³-hybridized carbons (Fsp3) is 0.273. The highest BCUT2D eigenvalue weighted by Gasteiger charge is 2.01. The average Bonchev–Trinajstić information content (AvgIpc) is 2.33. The molecule has 0 unspecified atom stereocenters. The van der Waals surface area contributed by atoms with Gasteiger partial charge in [0.15, 0.2) is 5.11 Å². The minimum atomic E-state index is 0.409. The fourth-order valence-corrected chi connectivity index (χ4v) is 1.75. The number of halogens is 2. The Morgan fingerprint density at radius 3 is 2.72 bits per heavy atom. The van der Waals surface area contributed by atoms with Crippen molar-refractivity contribution in [2.24, 2.45) is 5.10 Å². The van der Waals surface area contributed by atoms with Crippen LogP contribution in [0.4, 0.5) is 0 Å². The first-order valence-corrected chi connectivity index (χ1v) is 6.31. The number of nitrogens with zero attached hydrogens (tertiary/aromatic N) is 1. The van der Waals surface area contributed by atoms with Crippen LogP contribution in [0.25, 0.3) is 0 Å². The van der Waals surface area contributed by atoms with Gasteiger partial charge >= 0.3 is 0 Å². The van der Waals surface area contributed by atoms with E-state index in [4.69, 9.17) is 40.2 Å². The molecular weight excluding hydrogens is 293 g/mol. The molecule has 98 valence electrons. The summed E-state index contributed by atoms with van der Waals surface area (Å²) in [5, 5.41) is 8.34. The lowest BCUT2D eigenvalue weighted by atomic mass is 10.2. The summed E-state index contributed by atoms with van der Waals surface area (Å²) in [6, 6.07) is 5.25. The Morgan fingerprint density at radius 2 is 2.11 bits per heavy atom. The van der Waals surface area contributed by atoms with Crippen molar-refractivity contribution >= 4 is 46.7 Å². The summed E-state index contributed by atoms with van der Waals surface area (Å²) in [6.45, 7) is 1.19. The van der Waals surface area contributed by atoms with E-state index in [0.717, 1.165) is 0 Å². The molecule has 0 heterocycles. The van der Waals surface area contributed by atoms with Crippen LogP contribution in [0.5, 0.6) is 0 Å². The molecule has 18 heavy (non-hydrogen) atoms. The lowest BCUT2D eigenvalue weighted by Crippen LogP contribution is -2.34. The molecule has 1 aromatic rings. The van der Waals surface area contributed by atoms with Crippen molar-refractivity contribution in [3.63, 3.8) is 0 Å². The van der Waals surface area contributed by atoms with Gasteiger partial charge in [0.25, 0.3) is 0 Å². The van der Waals surface area contributed by atoms with E-state index in [1.807, 2.05) is 0 Å². The number of benzene rings is 1. The highest BCUT2D eigenvalue weighted by molar-refractivity contribution is 7.80. The molecule has 0 aromatic heterocycles. The van der Waals surface area contributed by atoms with Gasteiger partial charge in [-0.15, -0.1) is 0 Å². The van der Waals surface area contributed by atoms with Gasteiger partial charge in [-0.3, -0.25) is 5.43 Å². The average molecular weight is 306 g/mol. The van der Waals surface area contributed by atoms with Gasteiger partial charge in [0.1, 0.15) is 0 Å². The van der Waals surface area contributed by atoms with Crippen molar-refractivity contribution in [2.45, 2.75) is 0 Å². The van der Waals surface area contributed by atoms with E-state index >= 15 is 0 Å². The van der Waals surface area contributed by atoms with Crippen LogP contribution in [0.1, 0.15) is 5.56 Å². The van der Waals surface area contributed by atoms with E-state index in [1.165, 1.54) is 6.21 Å². The van der Waals surface area contributed by atoms with Crippen LogP contribution in [-0.2, 0) is 4.74 Å². The standard InChI is InChI=1S/C11H13Cl2N3OS/c1-17-6-5-14-11(18)16-15-7-8-9(12)3-2-4-10(8)13/h2-4,7H,5-6H2,1H3,(H2,14,16,18)/b15-7-. The van der Waals surface area contributed by atoms with Gasteiger partial charge in [-0.2, -0.15) is 5.10 Å². The van der Waals surface area contributed by atoms with E-state index in [-0.39, 0.29) is 0 Å². The van der Waals surface area contributed by atoms with E-state index in [9.17, 15) is 0 Å². The van der Waals surface area contributed by atoms with Crippen molar-refractivity contribution in [2.75, 3.05) is 20.3 Å². The van der Waals surface area contributed by atoms with Gasteiger partial charge in [0, 0.05) is 19.2 Å². The third-order valence-electron chi connectivity index (χ3n) is 1.95. The molecule has 0 aliphatic rings. The molecular formula is C11H13Cl2N3OS. The fourth-order valence-electron chi connectivity index (χ4n) is 1.10. The topological polar surface area (TPSA) is 45.6 Å². The molecule has 4 nitrogen and oxygen atoms in total. The zero-order valence-corrected chi connectivity index (χ0v) is 12.1. The minimum absolute atomic E-state index is 0.409. The number of ether oxygens (including phenoxy) is 1. The second-order valence-corrected chi connectivity index (χ2v) is 4.48. The van der Waals surface area contributed by atoms with Crippen molar-refractivity contribution < 1.29 is 4.74 Å². The highest BCUT2D eigenvalue weighted by atomic mass is 35.5. The quantitative estimate of drug-likeness (QED) is 0.380. The summed E-state index contributed by atoms with van der Waals surface area (Å²) >= 11 is 16.9. The summed E-state index contributed by atoms with van der Waals surface area (Å²) in [4.78, 5) is 0. The molecule has 0 amide bonds. The number of thiocarbonyl (C=S) groups is 1. The number of nitrogens with one attached hydrogen (secondary N) is 2. The smallest absolute Gasteiger partial charge is 0.187 e. The molecule has 0 bridgehead atoms. The lowest BCUT2D eigenvalue weighted by Gasteiger charge is -2.06. The Bertz CT molecular complexity index is 420. The molecule has 0 aliphatic heterocycles. The largest absolute Gasteiger partial charge is 0.383 e. The third kappa shape index (κ3) is 5.18. The molecule has 0 radical (unpaired) electrons. The number of hydrogen-bond donors (Lipinski definition) is 2. The van der Waals surface area contributed by atoms with Crippen LogP contribution < -0.4 is 10.7 Å². The minimum Gasteiger partial charge on any atom is -0.383 e. The zero-order valence-electron chi connectivity index (χ0n) is 9.74. The summed E-state index contributed by atoms with van der Waals surface area (Å²) in [6.07, 6.45) is 1.52. The normalized spacial score (nSPS) is 10.6. The molecule has 0 fully saturated rings. The van der Waals surface area contributed by atoms with Gasteiger partial charge in [0.2, 0.25) is 0 Å². The van der Waals surface area contributed by atoms with Crippen molar-refractivity contribution in [1.29, 1.82) is 0 Å². The number of methoxy groups -OCH3 is 1. The van der Waals surface area contributed by atoms with Crippen LogP contribution in [0.3, 0.4) is 0 Å². The molecule has 1 aromatic carbocycles. The molecule has 2 N–H and O–H groups in total. The van der Waals surface area contributed by atoms with E-state index in [2.05, 4.69) is 15.8 Å². The third-order valence-corrected chi connectivity index (χ3v) is 2.85. The lowest BCUT2D eigenvalue weighted by molar-refractivity contribution is 0.204. The van der Waals surface area contributed by atoms with Gasteiger partial charge < -0.3 is 10.1 Å². The maximum absolute atomic E-state index is 5.98.